The van der Waals surface area contributed by atoms with Gasteiger partial charge in [0.05, 0.1) is 23.3 Å². The van der Waals surface area contributed by atoms with Crippen molar-refractivity contribution in [3.05, 3.63) is 81.4 Å². The highest BCUT2D eigenvalue weighted by Gasteiger charge is 2.11. The molecule has 0 N–H and O–H groups in total. The van der Waals surface area contributed by atoms with Crippen molar-refractivity contribution in [3.63, 3.8) is 0 Å². The minimum absolute atomic E-state index is 0.0144. The average Bonchev–Trinajstić information content (AvgIpc) is 3.20. The number of nitro benzene ring substituents is 1. The lowest BCUT2D eigenvalue weighted by Crippen LogP contribution is -2.01. The molecule has 28 heavy (non-hydrogen) atoms. The lowest BCUT2D eigenvalue weighted by Gasteiger charge is -2.01. The minimum Gasteiger partial charge on any atom is -0.497 e. The SMILES string of the molecule is COc1cccc(-c2nc(COC(=O)/C=C/c3ccccc3[N+](=O)[O-])cs2)c1. The molecule has 0 saturated carbocycles. The Morgan fingerprint density at radius 1 is 1.25 bits per heavy atom. The molecular formula is C20H16N2O5S. The second-order valence-corrected chi connectivity index (χ2v) is 6.49. The first-order chi connectivity index (χ1) is 13.6. The first-order valence-corrected chi connectivity index (χ1v) is 9.12. The first kappa shape index (κ1) is 19.2. The molecular weight excluding hydrogens is 380 g/mol. The summed E-state index contributed by atoms with van der Waals surface area (Å²) >= 11 is 1.44. The number of para-hydroxylation sites is 1. The van der Waals surface area contributed by atoms with E-state index in [9.17, 15) is 14.9 Å². The van der Waals surface area contributed by atoms with Gasteiger partial charge in [-0.15, -0.1) is 11.3 Å². The molecule has 142 valence electrons. The van der Waals surface area contributed by atoms with Crippen LogP contribution in [0.4, 0.5) is 5.69 Å². The predicted octanol–water partition coefficient (Wildman–Crippen LogP) is 4.48. The number of thiazole rings is 1. The van der Waals surface area contributed by atoms with E-state index >= 15 is 0 Å². The molecule has 0 bridgehead atoms. The van der Waals surface area contributed by atoms with Crippen molar-refractivity contribution < 1.29 is 19.2 Å². The van der Waals surface area contributed by atoms with Crippen molar-refractivity contribution in [2.45, 2.75) is 6.61 Å². The van der Waals surface area contributed by atoms with Crippen LogP contribution >= 0.6 is 11.3 Å². The summed E-state index contributed by atoms with van der Waals surface area (Å²) in [6.45, 7) is 0.0144. The van der Waals surface area contributed by atoms with Gasteiger partial charge in [-0.05, 0) is 24.3 Å². The molecule has 0 spiro atoms. The zero-order chi connectivity index (χ0) is 19.9. The second-order valence-electron chi connectivity index (χ2n) is 5.63. The zero-order valence-corrected chi connectivity index (χ0v) is 15.7. The second kappa shape index (κ2) is 8.92. The van der Waals surface area contributed by atoms with Crippen LogP contribution in [0.1, 0.15) is 11.3 Å². The molecule has 3 aromatic rings. The van der Waals surface area contributed by atoms with Gasteiger partial charge in [-0.25, -0.2) is 9.78 Å². The predicted molar refractivity (Wildman–Crippen MR) is 106 cm³/mol. The molecule has 0 aliphatic carbocycles. The Hall–Kier alpha value is -3.52. The van der Waals surface area contributed by atoms with Crippen LogP contribution < -0.4 is 4.74 Å². The number of nitro groups is 1. The van der Waals surface area contributed by atoms with Crippen LogP contribution in [0.15, 0.2) is 60.0 Å². The van der Waals surface area contributed by atoms with E-state index in [0.29, 0.717) is 11.3 Å². The van der Waals surface area contributed by atoms with E-state index < -0.39 is 10.9 Å². The molecule has 7 nitrogen and oxygen atoms in total. The van der Waals surface area contributed by atoms with Crippen LogP contribution in [-0.4, -0.2) is 23.0 Å². The van der Waals surface area contributed by atoms with Crippen LogP contribution in [0.3, 0.4) is 0 Å². The van der Waals surface area contributed by atoms with E-state index in [1.165, 1.54) is 23.5 Å². The maximum absolute atomic E-state index is 11.9. The number of nitrogens with zero attached hydrogens (tertiary/aromatic N) is 2. The summed E-state index contributed by atoms with van der Waals surface area (Å²) in [5.41, 5.74) is 1.79. The van der Waals surface area contributed by atoms with Crippen LogP contribution in [0, 0.1) is 10.1 Å². The summed E-state index contributed by atoms with van der Waals surface area (Å²) < 4.78 is 10.4. The van der Waals surface area contributed by atoms with Crippen molar-refractivity contribution in [2.24, 2.45) is 0 Å². The molecule has 0 fully saturated rings. The summed E-state index contributed by atoms with van der Waals surface area (Å²) in [6.07, 6.45) is 2.53. The Morgan fingerprint density at radius 2 is 2.07 bits per heavy atom. The topological polar surface area (TPSA) is 91.6 Å². The highest BCUT2D eigenvalue weighted by molar-refractivity contribution is 7.13. The molecule has 0 saturated heterocycles. The number of ether oxygens (including phenoxy) is 2. The summed E-state index contributed by atoms with van der Waals surface area (Å²) in [7, 11) is 1.60. The van der Waals surface area contributed by atoms with E-state index in [1.54, 1.807) is 25.3 Å². The number of carbonyl (C=O) groups excluding carboxylic acids is 1. The highest BCUT2D eigenvalue weighted by Crippen LogP contribution is 2.27. The van der Waals surface area contributed by atoms with Gasteiger partial charge in [0.2, 0.25) is 0 Å². The molecule has 1 heterocycles. The maximum Gasteiger partial charge on any atom is 0.331 e. The van der Waals surface area contributed by atoms with E-state index in [0.717, 1.165) is 22.4 Å². The average molecular weight is 396 g/mol. The van der Waals surface area contributed by atoms with Crippen molar-refractivity contribution in [1.29, 1.82) is 0 Å². The van der Waals surface area contributed by atoms with Gasteiger partial charge in [-0.3, -0.25) is 10.1 Å². The number of aromatic nitrogens is 1. The van der Waals surface area contributed by atoms with E-state index in [1.807, 2.05) is 29.6 Å². The number of benzene rings is 2. The monoisotopic (exact) mass is 396 g/mol. The maximum atomic E-state index is 11.9. The lowest BCUT2D eigenvalue weighted by molar-refractivity contribution is -0.385. The van der Waals surface area contributed by atoms with Gasteiger partial charge in [-0.1, -0.05) is 24.3 Å². The number of carbonyl (C=O) groups is 1. The molecule has 0 aliphatic rings. The fourth-order valence-corrected chi connectivity index (χ4v) is 3.21. The lowest BCUT2D eigenvalue weighted by atomic mass is 10.1. The minimum atomic E-state index is -0.603. The number of hydrogen-bond acceptors (Lipinski definition) is 7. The number of rotatable bonds is 7. The summed E-state index contributed by atoms with van der Waals surface area (Å²) in [5, 5.41) is 13.6. The molecule has 3 rings (SSSR count). The Kier molecular flexibility index (Phi) is 6.13. The molecule has 8 heteroatoms. The number of methoxy groups -OCH3 is 1. The van der Waals surface area contributed by atoms with Crippen molar-refractivity contribution in [3.8, 4) is 16.3 Å². The summed E-state index contributed by atoms with van der Waals surface area (Å²) in [4.78, 5) is 26.8. The molecule has 0 aliphatic heterocycles. The third kappa shape index (κ3) is 4.80. The summed E-state index contributed by atoms with van der Waals surface area (Å²) in [5.74, 6) is 0.134. The van der Waals surface area contributed by atoms with Crippen molar-refractivity contribution >= 4 is 29.1 Å². The van der Waals surface area contributed by atoms with Crippen LogP contribution in [0.25, 0.3) is 16.6 Å². The normalized spacial score (nSPS) is 10.8. The van der Waals surface area contributed by atoms with Crippen LogP contribution in [0.5, 0.6) is 5.75 Å². The Labute approximate surface area is 165 Å². The molecule has 0 amide bonds. The molecule has 2 aromatic carbocycles. The van der Waals surface area contributed by atoms with Gasteiger partial charge in [0.25, 0.3) is 5.69 Å². The quantitative estimate of drug-likeness (QED) is 0.253. The van der Waals surface area contributed by atoms with Gasteiger partial charge < -0.3 is 9.47 Å². The van der Waals surface area contributed by atoms with Crippen molar-refractivity contribution in [2.75, 3.05) is 7.11 Å². The van der Waals surface area contributed by atoms with Gasteiger partial charge in [0.1, 0.15) is 17.4 Å². The Balaban J connectivity index is 1.61. The highest BCUT2D eigenvalue weighted by atomic mass is 32.1. The van der Waals surface area contributed by atoms with Crippen molar-refractivity contribution in [1.82, 2.24) is 4.98 Å². The van der Waals surface area contributed by atoms with Crippen LogP contribution in [0.2, 0.25) is 0 Å². The zero-order valence-electron chi connectivity index (χ0n) is 14.9. The van der Waals surface area contributed by atoms with E-state index in [-0.39, 0.29) is 12.3 Å². The van der Waals surface area contributed by atoms with Gasteiger partial charge >= 0.3 is 5.97 Å². The number of hydrogen-bond donors (Lipinski definition) is 0. The van der Waals surface area contributed by atoms with Crippen LogP contribution in [-0.2, 0) is 16.1 Å². The van der Waals surface area contributed by atoms with E-state index in [2.05, 4.69) is 4.98 Å². The largest absolute Gasteiger partial charge is 0.497 e. The van der Waals surface area contributed by atoms with E-state index in [4.69, 9.17) is 9.47 Å². The third-order valence-corrected chi connectivity index (χ3v) is 4.70. The smallest absolute Gasteiger partial charge is 0.331 e. The van der Waals surface area contributed by atoms with Gasteiger partial charge in [0.15, 0.2) is 0 Å². The fraction of sp³-hybridized carbons (Fsp3) is 0.100. The van der Waals surface area contributed by atoms with Gasteiger partial charge in [0, 0.05) is 23.1 Å². The molecule has 1 aromatic heterocycles. The fourth-order valence-electron chi connectivity index (χ4n) is 2.41. The molecule has 0 radical (unpaired) electrons. The number of esters is 1. The standard InChI is InChI=1S/C20H16N2O5S/c1-26-17-7-4-6-15(11-17)20-21-16(13-28-20)12-27-19(23)10-9-14-5-2-3-8-18(14)22(24)25/h2-11,13H,12H2,1H3/b10-9+. The van der Waals surface area contributed by atoms with Gasteiger partial charge in [-0.2, -0.15) is 0 Å². The molecule has 0 atom stereocenters. The Bertz CT molecular complexity index is 1030. The molecule has 0 unspecified atom stereocenters. The summed E-state index contributed by atoms with van der Waals surface area (Å²) in [6, 6.07) is 13.7. The Morgan fingerprint density at radius 3 is 2.86 bits per heavy atom. The first-order valence-electron chi connectivity index (χ1n) is 8.24. The third-order valence-electron chi connectivity index (χ3n) is 3.76.